The van der Waals surface area contributed by atoms with Crippen LogP contribution in [0.3, 0.4) is 0 Å². The fourth-order valence-corrected chi connectivity index (χ4v) is 5.40. The SMILES string of the molecule is CC(=O)Nc1sc2c(c1C(=O)N(C)C1CCN(C)CC1)CC[C@@H](C)C2. The molecule has 1 aromatic heterocycles. The van der Waals surface area contributed by atoms with Crippen LogP contribution in [0.2, 0.25) is 0 Å². The van der Waals surface area contributed by atoms with Crippen LogP contribution in [-0.4, -0.2) is 54.8 Å². The zero-order chi connectivity index (χ0) is 18.1. The van der Waals surface area contributed by atoms with E-state index in [0.717, 1.165) is 55.8 Å². The molecule has 2 aliphatic rings. The number of amides is 2. The lowest BCUT2D eigenvalue weighted by Crippen LogP contribution is -2.44. The van der Waals surface area contributed by atoms with Gasteiger partial charge in [0.2, 0.25) is 5.91 Å². The summed E-state index contributed by atoms with van der Waals surface area (Å²) in [6.07, 6.45) is 5.09. The Bertz CT molecular complexity index is 662. The van der Waals surface area contributed by atoms with Gasteiger partial charge in [0.15, 0.2) is 0 Å². The smallest absolute Gasteiger partial charge is 0.257 e. The first-order valence-electron chi connectivity index (χ1n) is 9.24. The van der Waals surface area contributed by atoms with E-state index in [1.165, 1.54) is 17.4 Å². The minimum Gasteiger partial charge on any atom is -0.339 e. The van der Waals surface area contributed by atoms with Gasteiger partial charge >= 0.3 is 0 Å². The third kappa shape index (κ3) is 3.90. The molecule has 1 aromatic rings. The van der Waals surface area contributed by atoms with Gasteiger partial charge in [-0.1, -0.05) is 6.92 Å². The third-order valence-corrected chi connectivity index (χ3v) is 6.74. The second-order valence-corrected chi connectivity index (χ2v) is 8.79. The highest BCUT2D eigenvalue weighted by molar-refractivity contribution is 7.17. The third-order valence-electron chi connectivity index (χ3n) is 5.57. The Balaban J connectivity index is 1.88. The Labute approximate surface area is 154 Å². The fourth-order valence-electron chi connectivity index (χ4n) is 3.95. The number of carbonyl (C=O) groups excluding carboxylic acids is 2. The van der Waals surface area contributed by atoms with Gasteiger partial charge in [-0.25, -0.2) is 0 Å². The minimum atomic E-state index is -0.109. The van der Waals surface area contributed by atoms with Crippen LogP contribution in [-0.2, 0) is 17.6 Å². The highest BCUT2D eigenvalue weighted by atomic mass is 32.1. The predicted molar refractivity (Wildman–Crippen MR) is 102 cm³/mol. The number of nitrogens with zero attached hydrogens (tertiary/aromatic N) is 2. The maximum atomic E-state index is 13.3. The quantitative estimate of drug-likeness (QED) is 0.898. The van der Waals surface area contributed by atoms with E-state index in [9.17, 15) is 9.59 Å². The van der Waals surface area contributed by atoms with E-state index in [1.807, 2.05) is 11.9 Å². The van der Waals surface area contributed by atoms with Crippen LogP contribution in [0.5, 0.6) is 0 Å². The van der Waals surface area contributed by atoms with Gasteiger partial charge in [-0.3, -0.25) is 9.59 Å². The van der Waals surface area contributed by atoms with Crippen molar-refractivity contribution >= 4 is 28.2 Å². The maximum absolute atomic E-state index is 13.3. The molecule has 1 fully saturated rings. The second kappa shape index (κ2) is 7.46. The normalized spacial score (nSPS) is 21.7. The van der Waals surface area contributed by atoms with Crippen molar-refractivity contribution in [1.29, 1.82) is 0 Å². The molecule has 0 unspecified atom stereocenters. The Morgan fingerprint density at radius 3 is 2.56 bits per heavy atom. The van der Waals surface area contributed by atoms with E-state index in [2.05, 4.69) is 24.2 Å². The van der Waals surface area contributed by atoms with E-state index in [0.29, 0.717) is 5.92 Å². The van der Waals surface area contributed by atoms with Crippen LogP contribution in [0.1, 0.15) is 53.9 Å². The highest BCUT2D eigenvalue weighted by Crippen LogP contribution is 2.40. The van der Waals surface area contributed by atoms with Crippen molar-refractivity contribution < 1.29 is 9.59 Å². The van der Waals surface area contributed by atoms with Crippen LogP contribution in [0, 0.1) is 5.92 Å². The molecule has 0 radical (unpaired) electrons. The molecule has 1 N–H and O–H groups in total. The molecule has 5 nitrogen and oxygen atoms in total. The number of likely N-dealkylation sites (tertiary alicyclic amines) is 1. The van der Waals surface area contributed by atoms with E-state index in [-0.39, 0.29) is 17.9 Å². The Morgan fingerprint density at radius 1 is 1.24 bits per heavy atom. The molecule has 6 heteroatoms. The molecule has 1 atom stereocenters. The lowest BCUT2D eigenvalue weighted by atomic mass is 9.88. The maximum Gasteiger partial charge on any atom is 0.257 e. The van der Waals surface area contributed by atoms with Gasteiger partial charge in [0.1, 0.15) is 5.00 Å². The number of thiophene rings is 1. The number of anilines is 1. The van der Waals surface area contributed by atoms with Gasteiger partial charge in [0.05, 0.1) is 5.56 Å². The summed E-state index contributed by atoms with van der Waals surface area (Å²) in [5.74, 6) is 0.610. The molecule has 2 amide bonds. The molecule has 3 rings (SSSR count). The highest BCUT2D eigenvalue weighted by Gasteiger charge is 2.32. The zero-order valence-electron chi connectivity index (χ0n) is 15.7. The van der Waals surface area contributed by atoms with Crippen LogP contribution in [0.15, 0.2) is 0 Å². The fraction of sp³-hybridized carbons (Fsp3) is 0.684. The molecule has 138 valence electrons. The first kappa shape index (κ1) is 18.4. The minimum absolute atomic E-state index is 0.0744. The van der Waals surface area contributed by atoms with Crippen molar-refractivity contribution in [3.8, 4) is 0 Å². The van der Waals surface area contributed by atoms with Gasteiger partial charge < -0.3 is 15.1 Å². The summed E-state index contributed by atoms with van der Waals surface area (Å²) in [7, 11) is 4.05. The molecule has 0 bridgehead atoms. The van der Waals surface area contributed by atoms with Crippen molar-refractivity contribution in [2.24, 2.45) is 5.92 Å². The largest absolute Gasteiger partial charge is 0.339 e. The van der Waals surface area contributed by atoms with Crippen molar-refractivity contribution in [3.63, 3.8) is 0 Å². The first-order chi connectivity index (χ1) is 11.9. The number of fused-ring (bicyclic) bond motifs is 1. The number of piperidine rings is 1. The summed E-state index contributed by atoms with van der Waals surface area (Å²) in [5, 5.41) is 3.66. The monoisotopic (exact) mass is 363 g/mol. The Kier molecular flexibility index (Phi) is 5.49. The molecule has 2 heterocycles. The van der Waals surface area contributed by atoms with Crippen molar-refractivity contribution in [1.82, 2.24) is 9.80 Å². The van der Waals surface area contributed by atoms with Crippen LogP contribution in [0.25, 0.3) is 0 Å². The van der Waals surface area contributed by atoms with E-state index in [1.54, 1.807) is 11.3 Å². The van der Waals surface area contributed by atoms with Crippen molar-refractivity contribution in [2.75, 3.05) is 32.5 Å². The van der Waals surface area contributed by atoms with Crippen molar-refractivity contribution in [2.45, 2.75) is 52.0 Å². The summed E-state index contributed by atoms with van der Waals surface area (Å²) < 4.78 is 0. The molecular formula is C19H29N3O2S. The number of hydrogen-bond acceptors (Lipinski definition) is 4. The Hall–Kier alpha value is -1.40. The topological polar surface area (TPSA) is 52.7 Å². The first-order valence-corrected chi connectivity index (χ1v) is 10.1. The standard InChI is InChI=1S/C19H29N3O2S/c1-12-5-6-15-16(11-12)25-18(20-13(2)23)17(15)19(24)22(4)14-7-9-21(3)10-8-14/h12,14H,5-11H2,1-4H3,(H,20,23)/t12-/m1/s1. The average molecular weight is 364 g/mol. The Morgan fingerprint density at radius 2 is 1.92 bits per heavy atom. The molecule has 25 heavy (non-hydrogen) atoms. The summed E-state index contributed by atoms with van der Waals surface area (Å²) in [6, 6.07) is 0.284. The summed E-state index contributed by atoms with van der Waals surface area (Å²) in [4.78, 5) is 30.5. The van der Waals surface area contributed by atoms with Gasteiger partial charge in [0, 0.05) is 24.9 Å². The molecular weight excluding hydrogens is 334 g/mol. The molecule has 1 aliphatic heterocycles. The van der Waals surface area contributed by atoms with Crippen LogP contribution < -0.4 is 5.32 Å². The van der Waals surface area contributed by atoms with E-state index in [4.69, 9.17) is 0 Å². The summed E-state index contributed by atoms with van der Waals surface area (Å²) in [5.41, 5.74) is 1.93. The van der Waals surface area contributed by atoms with E-state index >= 15 is 0 Å². The second-order valence-electron chi connectivity index (χ2n) is 7.69. The zero-order valence-corrected chi connectivity index (χ0v) is 16.5. The number of rotatable bonds is 3. The lowest BCUT2D eigenvalue weighted by Gasteiger charge is -2.35. The molecule has 0 aromatic carbocycles. The lowest BCUT2D eigenvalue weighted by molar-refractivity contribution is -0.114. The molecule has 1 saturated heterocycles. The van der Waals surface area contributed by atoms with Gasteiger partial charge in [-0.15, -0.1) is 11.3 Å². The van der Waals surface area contributed by atoms with Gasteiger partial charge in [-0.2, -0.15) is 0 Å². The molecule has 0 spiro atoms. The van der Waals surface area contributed by atoms with Crippen LogP contribution >= 0.6 is 11.3 Å². The van der Waals surface area contributed by atoms with Gasteiger partial charge in [-0.05, 0) is 63.7 Å². The number of hydrogen-bond donors (Lipinski definition) is 1. The predicted octanol–water partition coefficient (Wildman–Crippen LogP) is 3.00. The average Bonchev–Trinajstić information content (AvgIpc) is 2.90. The van der Waals surface area contributed by atoms with Crippen LogP contribution in [0.4, 0.5) is 5.00 Å². The van der Waals surface area contributed by atoms with Gasteiger partial charge in [0.25, 0.3) is 5.91 Å². The molecule has 1 aliphatic carbocycles. The van der Waals surface area contributed by atoms with Crippen molar-refractivity contribution in [3.05, 3.63) is 16.0 Å². The molecule has 0 saturated carbocycles. The summed E-state index contributed by atoms with van der Waals surface area (Å²) >= 11 is 1.60. The number of nitrogens with one attached hydrogen (secondary N) is 1. The number of carbonyl (C=O) groups is 2. The summed E-state index contributed by atoms with van der Waals surface area (Å²) in [6.45, 7) is 5.82. The van der Waals surface area contributed by atoms with E-state index < -0.39 is 0 Å².